The third kappa shape index (κ3) is 4.35. The van der Waals surface area contributed by atoms with Gasteiger partial charge in [-0.25, -0.2) is 0 Å². The summed E-state index contributed by atoms with van der Waals surface area (Å²) in [5, 5.41) is 0. The Bertz CT molecular complexity index is 617. The van der Waals surface area contributed by atoms with Crippen molar-refractivity contribution in [3.8, 4) is 0 Å². The molecule has 2 atom stereocenters. The fourth-order valence-corrected chi connectivity index (χ4v) is 4.01. The molecule has 0 spiro atoms. The smallest absolute Gasteiger partial charge is 0.341 e. The van der Waals surface area contributed by atoms with Crippen molar-refractivity contribution in [3.63, 3.8) is 0 Å². The molecule has 0 radical (unpaired) electrons. The predicted molar refractivity (Wildman–Crippen MR) is 90.1 cm³/mol. The van der Waals surface area contributed by atoms with E-state index in [4.69, 9.17) is 0 Å². The van der Waals surface area contributed by atoms with Crippen molar-refractivity contribution in [1.29, 1.82) is 0 Å². The van der Waals surface area contributed by atoms with E-state index in [1.807, 2.05) is 19.1 Å². The number of carbonyl (C=O) groups excluding carboxylic acids is 1. The summed E-state index contributed by atoms with van der Waals surface area (Å²) in [6.45, 7) is 3.32. The van der Waals surface area contributed by atoms with Gasteiger partial charge in [-0.15, -0.1) is 0 Å². The van der Waals surface area contributed by atoms with Gasteiger partial charge in [0.25, 0.3) is 0 Å². The van der Waals surface area contributed by atoms with E-state index in [1.54, 1.807) is 0 Å². The standard InChI is InChI=1S/C19H25F3N2O/c1-14-5-2-6-15(11-14)17-8-4-9-23(17)13-18(25)24-10-3-7-16(12-24)19(20,21)22/h2,5-6,11,16-17H,3-4,7-10,12-13H2,1H3. The molecular weight excluding hydrogens is 329 g/mol. The van der Waals surface area contributed by atoms with Gasteiger partial charge in [0.05, 0.1) is 12.5 Å². The quantitative estimate of drug-likeness (QED) is 0.821. The molecule has 0 aromatic heterocycles. The second-order valence-corrected chi connectivity index (χ2v) is 7.26. The van der Waals surface area contributed by atoms with Crippen LogP contribution >= 0.6 is 0 Å². The lowest BCUT2D eigenvalue weighted by Crippen LogP contribution is -2.47. The molecule has 2 aliphatic rings. The van der Waals surface area contributed by atoms with Crippen LogP contribution in [0.4, 0.5) is 13.2 Å². The number of likely N-dealkylation sites (tertiary alicyclic amines) is 2. The highest BCUT2D eigenvalue weighted by atomic mass is 19.4. The van der Waals surface area contributed by atoms with Crippen LogP contribution in [0.3, 0.4) is 0 Å². The van der Waals surface area contributed by atoms with Crippen LogP contribution in [0.25, 0.3) is 0 Å². The van der Waals surface area contributed by atoms with Crippen LogP contribution in [0.5, 0.6) is 0 Å². The third-order valence-electron chi connectivity index (χ3n) is 5.37. The highest BCUT2D eigenvalue weighted by Gasteiger charge is 2.43. The summed E-state index contributed by atoms with van der Waals surface area (Å²) in [5.41, 5.74) is 2.37. The molecule has 2 saturated heterocycles. The SMILES string of the molecule is Cc1cccc(C2CCCN2CC(=O)N2CCCC(C(F)(F)F)C2)c1. The van der Waals surface area contributed by atoms with Gasteiger partial charge in [-0.3, -0.25) is 9.69 Å². The average molecular weight is 354 g/mol. The van der Waals surface area contributed by atoms with Crippen LogP contribution in [0.1, 0.15) is 42.9 Å². The fourth-order valence-electron chi connectivity index (χ4n) is 4.01. The van der Waals surface area contributed by atoms with E-state index in [9.17, 15) is 18.0 Å². The molecule has 1 aromatic rings. The molecule has 1 aromatic carbocycles. The summed E-state index contributed by atoms with van der Waals surface area (Å²) in [6.07, 6.45) is -1.66. The van der Waals surface area contributed by atoms with E-state index in [0.29, 0.717) is 13.0 Å². The molecule has 1 amide bonds. The zero-order valence-corrected chi connectivity index (χ0v) is 14.6. The summed E-state index contributed by atoms with van der Waals surface area (Å²) in [6, 6.07) is 8.45. The first-order valence-electron chi connectivity index (χ1n) is 8.99. The topological polar surface area (TPSA) is 23.6 Å². The van der Waals surface area contributed by atoms with Crippen LogP contribution in [-0.2, 0) is 4.79 Å². The summed E-state index contributed by atoms with van der Waals surface area (Å²) in [7, 11) is 0. The van der Waals surface area contributed by atoms with Gasteiger partial charge in [0.15, 0.2) is 0 Å². The first-order chi connectivity index (χ1) is 11.8. The first-order valence-corrected chi connectivity index (χ1v) is 8.99. The number of piperidine rings is 1. The normalized spacial score (nSPS) is 25.4. The molecular formula is C19H25F3N2O. The molecule has 0 aliphatic carbocycles. The van der Waals surface area contributed by atoms with Crippen LogP contribution in [0.2, 0.25) is 0 Å². The van der Waals surface area contributed by atoms with E-state index in [0.717, 1.165) is 19.4 Å². The second-order valence-electron chi connectivity index (χ2n) is 7.26. The average Bonchev–Trinajstić information content (AvgIpc) is 3.02. The highest BCUT2D eigenvalue weighted by molar-refractivity contribution is 5.78. The largest absolute Gasteiger partial charge is 0.393 e. The van der Waals surface area contributed by atoms with Crippen molar-refractivity contribution in [3.05, 3.63) is 35.4 Å². The Morgan fingerprint density at radius 1 is 1.20 bits per heavy atom. The fraction of sp³-hybridized carbons (Fsp3) is 0.632. The Morgan fingerprint density at radius 2 is 1.96 bits per heavy atom. The number of benzene rings is 1. The van der Waals surface area contributed by atoms with E-state index >= 15 is 0 Å². The number of nitrogens with zero attached hydrogens (tertiary/aromatic N) is 2. The molecule has 0 N–H and O–H groups in total. The molecule has 138 valence electrons. The summed E-state index contributed by atoms with van der Waals surface area (Å²) in [4.78, 5) is 16.1. The van der Waals surface area contributed by atoms with E-state index in [1.165, 1.54) is 16.0 Å². The maximum absolute atomic E-state index is 13.0. The Morgan fingerprint density at radius 3 is 2.68 bits per heavy atom. The second kappa shape index (κ2) is 7.36. The zero-order chi connectivity index (χ0) is 18.0. The lowest BCUT2D eigenvalue weighted by Gasteiger charge is -2.35. The minimum Gasteiger partial charge on any atom is -0.341 e. The Labute approximate surface area is 146 Å². The number of halogens is 3. The Hall–Kier alpha value is -1.56. The number of hydrogen-bond acceptors (Lipinski definition) is 2. The number of amides is 1. The monoisotopic (exact) mass is 354 g/mol. The molecule has 3 nitrogen and oxygen atoms in total. The molecule has 3 rings (SSSR count). The molecule has 2 aliphatic heterocycles. The van der Waals surface area contributed by atoms with Crippen molar-refractivity contribution in [2.24, 2.45) is 5.92 Å². The molecule has 0 bridgehead atoms. The van der Waals surface area contributed by atoms with Crippen LogP contribution in [0, 0.1) is 12.8 Å². The van der Waals surface area contributed by atoms with E-state index < -0.39 is 12.1 Å². The van der Waals surface area contributed by atoms with Gasteiger partial charge in [-0.05, 0) is 44.7 Å². The molecule has 2 heterocycles. The molecule has 2 fully saturated rings. The molecule has 0 saturated carbocycles. The number of carbonyl (C=O) groups is 1. The van der Waals surface area contributed by atoms with Gasteiger partial charge in [0.2, 0.25) is 5.91 Å². The van der Waals surface area contributed by atoms with Gasteiger partial charge in [0, 0.05) is 19.1 Å². The number of alkyl halides is 3. The number of hydrogen-bond donors (Lipinski definition) is 0. The minimum atomic E-state index is -4.21. The van der Waals surface area contributed by atoms with Crippen molar-refractivity contribution in [2.45, 2.75) is 44.8 Å². The summed E-state index contributed by atoms with van der Waals surface area (Å²) >= 11 is 0. The van der Waals surface area contributed by atoms with E-state index in [-0.39, 0.29) is 31.5 Å². The first kappa shape index (κ1) is 18.2. The van der Waals surface area contributed by atoms with Gasteiger partial charge >= 0.3 is 6.18 Å². The number of rotatable bonds is 3. The van der Waals surface area contributed by atoms with Crippen molar-refractivity contribution in [1.82, 2.24) is 9.80 Å². The van der Waals surface area contributed by atoms with Gasteiger partial charge in [0.1, 0.15) is 0 Å². The lowest BCUT2D eigenvalue weighted by molar-refractivity contribution is -0.188. The maximum atomic E-state index is 13.0. The van der Waals surface area contributed by atoms with Crippen molar-refractivity contribution >= 4 is 5.91 Å². The summed E-state index contributed by atoms with van der Waals surface area (Å²) < 4.78 is 38.9. The van der Waals surface area contributed by atoms with Crippen LogP contribution in [0.15, 0.2) is 24.3 Å². The third-order valence-corrected chi connectivity index (χ3v) is 5.37. The molecule has 6 heteroatoms. The molecule has 2 unspecified atom stereocenters. The van der Waals surface area contributed by atoms with Crippen molar-refractivity contribution < 1.29 is 18.0 Å². The Balaban J connectivity index is 1.64. The maximum Gasteiger partial charge on any atom is 0.393 e. The zero-order valence-electron chi connectivity index (χ0n) is 14.6. The Kier molecular flexibility index (Phi) is 5.37. The minimum absolute atomic E-state index is 0.128. The van der Waals surface area contributed by atoms with Gasteiger partial charge in [-0.1, -0.05) is 29.8 Å². The number of aryl methyl sites for hydroxylation is 1. The van der Waals surface area contributed by atoms with Gasteiger partial charge < -0.3 is 4.90 Å². The lowest BCUT2D eigenvalue weighted by atomic mass is 9.97. The molecule has 25 heavy (non-hydrogen) atoms. The van der Waals surface area contributed by atoms with Crippen molar-refractivity contribution in [2.75, 3.05) is 26.2 Å². The predicted octanol–water partition coefficient (Wildman–Crippen LogP) is 3.93. The van der Waals surface area contributed by atoms with Gasteiger partial charge in [-0.2, -0.15) is 13.2 Å². The summed E-state index contributed by atoms with van der Waals surface area (Å²) in [5.74, 6) is -1.55. The highest BCUT2D eigenvalue weighted by Crippen LogP contribution is 2.34. The van der Waals surface area contributed by atoms with Crippen LogP contribution in [-0.4, -0.2) is 48.1 Å². The van der Waals surface area contributed by atoms with Crippen LogP contribution < -0.4 is 0 Å². The van der Waals surface area contributed by atoms with E-state index in [2.05, 4.69) is 17.0 Å².